The van der Waals surface area contributed by atoms with Gasteiger partial charge in [0.25, 0.3) is 0 Å². The number of hydrogen-bond donors (Lipinski definition) is 2. The lowest BCUT2D eigenvalue weighted by molar-refractivity contribution is -0.143. The van der Waals surface area contributed by atoms with E-state index in [4.69, 9.17) is 5.11 Å². The number of nitrogens with zero attached hydrogens (tertiary/aromatic N) is 1. The van der Waals surface area contributed by atoms with E-state index in [9.17, 15) is 4.79 Å². The van der Waals surface area contributed by atoms with E-state index in [1.807, 2.05) is 0 Å². The van der Waals surface area contributed by atoms with Crippen molar-refractivity contribution in [2.75, 3.05) is 19.0 Å². The van der Waals surface area contributed by atoms with Gasteiger partial charge in [0, 0.05) is 5.88 Å². The minimum Gasteiger partial charge on any atom is -0.481 e. The summed E-state index contributed by atoms with van der Waals surface area (Å²) >= 11 is 4.12. The van der Waals surface area contributed by atoms with Crippen LogP contribution in [0, 0.1) is 5.92 Å². The molecule has 1 heterocycles. The van der Waals surface area contributed by atoms with Crippen molar-refractivity contribution in [1.29, 1.82) is 0 Å². The Morgan fingerprint density at radius 2 is 2.09 bits per heavy atom. The zero-order valence-electron chi connectivity index (χ0n) is 6.36. The van der Waals surface area contributed by atoms with Crippen molar-refractivity contribution in [3.63, 3.8) is 0 Å². The molecule has 1 saturated heterocycles. The van der Waals surface area contributed by atoms with Crippen LogP contribution in [0.4, 0.5) is 0 Å². The minimum absolute atomic E-state index is 0.119. The fourth-order valence-electron chi connectivity index (χ4n) is 1.32. The molecule has 0 radical (unpaired) electrons. The highest BCUT2D eigenvalue weighted by molar-refractivity contribution is 7.80. The van der Waals surface area contributed by atoms with E-state index in [1.54, 1.807) is 0 Å². The first-order valence-electron chi connectivity index (χ1n) is 3.80. The highest BCUT2D eigenvalue weighted by Gasteiger charge is 2.23. The number of carboxylic acids is 1. The standard InChI is InChI=1S/C7H13NO2S/c9-7(10)6-1-3-8(5-11)4-2-6/h6,11H,1-5H2,(H,9,10). The van der Waals surface area contributed by atoms with E-state index in [0.717, 1.165) is 31.8 Å². The first-order chi connectivity index (χ1) is 5.24. The summed E-state index contributed by atoms with van der Waals surface area (Å²) < 4.78 is 0. The van der Waals surface area contributed by atoms with Gasteiger partial charge in [0.15, 0.2) is 0 Å². The van der Waals surface area contributed by atoms with E-state index < -0.39 is 5.97 Å². The Kier molecular flexibility index (Phi) is 3.20. The zero-order chi connectivity index (χ0) is 8.27. The average Bonchev–Trinajstić information content (AvgIpc) is 2.05. The molecule has 0 atom stereocenters. The molecule has 64 valence electrons. The molecular formula is C7H13NO2S. The number of hydrogen-bond acceptors (Lipinski definition) is 3. The Balaban J connectivity index is 2.30. The average molecular weight is 175 g/mol. The number of thiol groups is 1. The number of carboxylic acid groups (broad SMARTS) is 1. The van der Waals surface area contributed by atoms with Gasteiger partial charge in [-0.2, -0.15) is 12.6 Å². The van der Waals surface area contributed by atoms with Crippen molar-refractivity contribution in [2.45, 2.75) is 12.8 Å². The van der Waals surface area contributed by atoms with Crippen molar-refractivity contribution < 1.29 is 9.90 Å². The van der Waals surface area contributed by atoms with Crippen molar-refractivity contribution in [2.24, 2.45) is 5.92 Å². The van der Waals surface area contributed by atoms with Crippen LogP contribution in [0.5, 0.6) is 0 Å². The van der Waals surface area contributed by atoms with Crippen LogP contribution in [0.25, 0.3) is 0 Å². The van der Waals surface area contributed by atoms with Gasteiger partial charge in [-0.25, -0.2) is 0 Å². The molecule has 0 bridgehead atoms. The summed E-state index contributed by atoms with van der Waals surface area (Å²) in [5.41, 5.74) is 0. The summed E-state index contributed by atoms with van der Waals surface area (Å²) in [6, 6.07) is 0. The van der Waals surface area contributed by atoms with Gasteiger partial charge >= 0.3 is 5.97 Å². The lowest BCUT2D eigenvalue weighted by Crippen LogP contribution is -2.35. The number of aliphatic carboxylic acids is 1. The van der Waals surface area contributed by atoms with E-state index >= 15 is 0 Å². The molecule has 1 aliphatic rings. The van der Waals surface area contributed by atoms with Crippen LogP contribution < -0.4 is 0 Å². The van der Waals surface area contributed by atoms with Gasteiger partial charge < -0.3 is 5.11 Å². The maximum absolute atomic E-state index is 10.5. The molecule has 0 spiro atoms. The molecule has 0 unspecified atom stereocenters. The van der Waals surface area contributed by atoms with Crippen LogP contribution in [0.3, 0.4) is 0 Å². The fourth-order valence-corrected chi connectivity index (χ4v) is 1.60. The first-order valence-corrected chi connectivity index (χ1v) is 4.43. The smallest absolute Gasteiger partial charge is 0.306 e. The third-order valence-corrected chi connectivity index (χ3v) is 2.54. The van der Waals surface area contributed by atoms with Gasteiger partial charge in [0.05, 0.1) is 5.92 Å². The Bertz CT molecular complexity index is 143. The quantitative estimate of drug-likeness (QED) is 0.606. The molecule has 0 aromatic rings. The number of piperidine rings is 1. The highest BCUT2D eigenvalue weighted by atomic mass is 32.1. The first kappa shape index (κ1) is 8.87. The van der Waals surface area contributed by atoms with Crippen LogP contribution in [0.15, 0.2) is 0 Å². The lowest BCUT2D eigenvalue weighted by Gasteiger charge is -2.28. The molecule has 0 aromatic heterocycles. The Morgan fingerprint density at radius 1 is 1.55 bits per heavy atom. The Hall–Kier alpha value is -0.220. The Labute approximate surface area is 71.8 Å². The van der Waals surface area contributed by atoms with Crippen LogP contribution >= 0.6 is 12.6 Å². The van der Waals surface area contributed by atoms with Crippen LogP contribution in [-0.4, -0.2) is 34.9 Å². The van der Waals surface area contributed by atoms with Crippen LogP contribution in [0.1, 0.15) is 12.8 Å². The SMILES string of the molecule is O=C(O)C1CCN(CS)CC1. The maximum Gasteiger partial charge on any atom is 0.306 e. The molecule has 3 nitrogen and oxygen atoms in total. The van der Waals surface area contributed by atoms with Gasteiger partial charge in [-0.3, -0.25) is 9.69 Å². The normalized spacial score (nSPS) is 21.9. The van der Waals surface area contributed by atoms with Gasteiger partial charge in [-0.05, 0) is 25.9 Å². The van der Waals surface area contributed by atoms with Crippen LogP contribution in [-0.2, 0) is 4.79 Å². The number of likely N-dealkylation sites (tertiary alicyclic amines) is 1. The molecule has 0 amide bonds. The van der Waals surface area contributed by atoms with E-state index in [-0.39, 0.29) is 5.92 Å². The molecular weight excluding hydrogens is 162 g/mol. The second-order valence-electron chi connectivity index (χ2n) is 2.87. The molecule has 0 saturated carbocycles. The third kappa shape index (κ3) is 2.38. The topological polar surface area (TPSA) is 40.5 Å². The van der Waals surface area contributed by atoms with Crippen molar-refractivity contribution >= 4 is 18.6 Å². The minimum atomic E-state index is -0.649. The summed E-state index contributed by atoms with van der Waals surface area (Å²) in [4.78, 5) is 12.7. The third-order valence-electron chi connectivity index (χ3n) is 2.14. The molecule has 1 N–H and O–H groups in total. The predicted molar refractivity (Wildman–Crippen MR) is 45.8 cm³/mol. The molecule has 1 aliphatic heterocycles. The highest BCUT2D eigenvalue weighted by Crippen LogP contribution is 2.16. The van der Waals surface area contributed by atoms with Gasteiger partial charge in [-0.1, -0.05) is 0 Å². The summed E-state index contributed by atoms with van der Waals surface area (Å²) in [6.07, 6.45) is 1.55. The fraction of sp³-hybridized carbons (Fsp3) is 0.857. The second kappa shape index (κ2) is 3.97. The van der Waals surface area contributed by atoms with Crippen LogP contribution in [0.2, 0.25) is 0 Å². The Morgan fingerprint density at radius 3 is 2.45 bits per heavy atom. The van der Waals surface area contributed by atoms with Gasteiger partial charge in [0.1, 0.15) is 0 Å². The predicted octanol–water partition coefficient (Wildman–Crippen LogP) is 0.670. The summed E-state index contributed by atoms with van der Waals surface area (Å²) in [5, 5.41) is 8.66. The monoisotopic (exact) mass is 175 g/mol. The summed E-state index contributed by atoms with van der Waals surface area (Å²) in [7, 11) is 0. The van der Waals surface area contributed by atoms with Crippen molar-refractivity contribution in [3.8, 4) is 0 Å². The zero-order valence-corrected chi connectivity index (χ0v) is 7.26. The molecule has 0 aromatic carbocycles. The molecule has 0 aliphatic carbocycles. The van der Waals surface area contributed by atoms with E-state index in [2.05, 4.69) is 17.5 Å². The summed E-state index contributed by atoms with van der Waals surface area (Å²) in [6.45, 7) is 1.75. The van der Waals surface area contributed by atoms with Gasteiger partial charge in [0.2, 0.25) is 0 Å². The number of rotatable bonds is 2. The second-order valence-corrected chi connectivity index (χ2v) is 3.15. The largest absolute Gasteiger partial charge is 0.481 e. The number of carbonyl (C=O) groups is 1. The van der Waals surface area contributed by atoms with E-state index in [1.165, 1.54) is 0 Å². The molecule has 1 rings (SSSR count). The van der Waals surface area contributed by atoms with Gasteiger partial charge in [-0.15, -0.1) is 0 Å². The van der Waals surface area contributed by atoms with E-state index in [0.29, 0.717) is 0 Å². The summed E-state index contributed by atoms with van der Waals surface area (Å²) in [5.74, 6) is -0.0262. The van der Waals surface area contributed by atoms with Crippen molar-refractivity contribution in [3.05, 3.63) is 0 Å². The lowest BCUT2D eigenvalue weighted by atomic mass is 9.98. The maximum atomic E-state index is 10.5. The molecule has 4 heteroatoms. The molecule has 1 fully saturated rings. The van der Waals surface area contributed by atoms with Crippen molar-refractivity contribution in [1.82, 2.24) is 4.90 Å². The molecule has 11 heavy (non-hydrogen) atoms.